The van der Waals surface area contributed by atoms with E-state index in [1.807, 2.05) is 13.8 Å². The van der Waals surface area contributed by atoms with Gasteiger partial charge in [-0.1, -0.05) is 13.8 Å². The van der Waals surface area contributed by atoms with Gasteiger partial charge in [-0.2, -0.15) is 11.8 Å². The Hall–Kier alpha value is -0.260. The van der Waals surface area contributed by atoms with Crippen LogP contribution < -0.4 is 5.32 Å². The van der Waals surface area contributed by atoms with E-state index in [4.69, 9.17) is 10.2 Å². The molecule has 0 spiro atoms. The predicted octanol–water partition coefficient (Wildman–Crippen LogP) is 0.943. The van der Waals surface area contributed by atoms with Gasteiger partial charge in [-0.25, -0.2) is 0 Å². The standard InChI is InChI=1S/C10H21NO3S/c1-4-11-10(3,9(13)14)7-8(2)15-6-5-12/h8,11-12H,4-7H2,1-3H3,(H,13,14). The Morgan fingerprint density at radius 2 is 2.20 bits per heavy atom. The fourth-order valence-corrected chi connectivity index (χ4v) is 2.47. The van der Waals surface area contributed by atoms with Gasteiger partial charge in [-0.05, 0) is 19.9 Å². The number of rotatable bonds is 8. The number of carboxylic acids is 1. The first-order chi connectivity index (χ1) is 6.96. The maximum atomic E-state index is 11.1. The third kappa shape index (κ3) is 5.39. The molecule has 0 bridgehead atoms. The summed E-state index contributed by atoms with van der Waals surface area (Å²) in [5, 5.41) is 21.0. The normalized spacial score (nSPS) is 17.1. The molecule has 0 aromatic rings. The molecule has 0 aromatic carbocycles. The Labute approximate surface area is 95.4 Å². The van der Waals surface area contributed by atoms with Gasteiger partial charge in [-0.15, -0.1) is 0 Å². The highest BCUT2D eigenvalue weighted by Crippen LogP contribution is 2.21. The van der Waals surface area contributed by atoms with Crippen LogP contribution in [0.3, 0.4) is 0 Å². The molecule has 0 aliphatic rings. The summed E-state index contributed by atoms with van der Waals surface area (Å²) in [7, 11) is 0. The van der Waals surface area contributed by atoms with Gasteiger partial charge >= 0.3 is 5.97 Å². The molecule has 0 aromatic heterocycles. The van der Waals surface area contributed by atoms with Gasteiger partial charge in [0, 0.05) is 11.0 Å². The van der Waals surface area contributed by atoms with Gasteiger partial charge in [0.05, 0.1) is 6.61 Å². The van der Waals surface area contributed by atoms with Crippen LogP contribution >= 0.6 is 11.8 Å². The van der Waals surface area contributed by atoms with Crippen molar-refractivity contribution in [2.24, 2.45) is 0 Å². The highest BCUT2D eigenvalue weighted by Gasteiger charge is 2.33. The van der Waals surface area contributed by atoms with Crippen LogP contribution in [-0.4, -0.2) is 45.9 Å². The smallest absolute Gasteiger partial charge is 0.323 e. The molecule has 0 amide bonds. The highest BCUT2D eigenvalue weighted by atomic mass is 32.2. The third-order valence-electron chi connectivity index (χ3n) is 2.23. The monoisotopic (exact) mass is 235 g/mol. The Kier molecular flexibility index (Phi) is 6.96. The van der Waals surface area contributed by atoms with Crippen molar-refractivity contribution in [3.63, 3.8) is 0 Å². The fourth-order valence-electron chi connectivity index (χ4n) is 1.51. The number of aliphatic carboxylic acids is 1. The van der Waals surface area contributed by atoms with Crippen LogP contribution in [0, 0.1) is 0 Å². The molecule has 2 unspecified atom stereocenters. The van der Waals surface area contributed by atoms with Crippen LogP contribution in [0.15, 0.2) is 0 Å². The molecule has 0 saturated heterocycles. The zero-order chi connectivity index (χ0) is 11.9. The molecule has 0 fully saturated rings. The number of carbonyl (C=O) groups is 1. The molecule has 0 rings (SSSR count). The van der Waals surface area contributed by atoms with E-state index >= 15 is 0 Å². The lowest BCUT2D eigenvalue weighted by Crippen LogP contribution is -2.50. The summed E-state index contributed by atoms with van der Waals surface area (Å²) in [5.74, 6) is -0.163. The van der Waals surface area contributed by atoms with Gasteiger partial charge < -0.3 is 15.5 Å². The maximum absolute atomic E-state index is 11.1. The summed E-state index contributed by atoms with van der Waals surface area (Å²) in [4.78, 5) is 11.1. The number of hydrogen-bond donors (Lipinski definition) is 3. The SMILES string of the molecule is CCNC(C)(CC(C)SCCO)C(=O)O. The van der Waals surface area contributed by atoms with Crippen molar-refractivity contribution in [3.05, 3.63) is 0 Å². The maximum Gasteiger partial charge on any atom is 0.323 e. The summed E-state index contributed by atoms with van der Waals surface area (Å²) >= 11 is 1.59. The van der Waals surface area contributed by atoms with Crippen molar-refractivity contribution in [2.45, 2.75) is 38.0 Å². The van der Waals surface area contributed by atoms with Gasteiger partial charge in [0.1, 0.15) is 5.54 Å². The zero-order valence-electron chi connectivity index (χ0n) is 9.62. The highest BCUT2D eigenvalue weighted by molar-refractivity contribution is 7.99. The number of aliphatic hydroxyl groups excluding tert-OH is 1. The van der Waals surface area contributed by atoms with Crippen LogP contribution in [0.2, 0.25) is 0 Å². The minimum absolute atomic E-state index is 0.139. The van der Waals surface area contributed by atoms with Crippen molar-refractivity contribution in [1.82, 2.24) is 5.32 Å². The van der Waals surface area contributed by atoms with E-state index in [-0.39, 0.29) is 11.9 Å². The lowest BCUT2D eigenvalue weighted by Gasteiger charge is -2.28. The van der Waals surface area contributed by atoms with Gasteiger partial charge in [0.15, 0.2) is 0 Å². The fraction of sp³-hybridized carbons (Fsp3) is 0.900. The average Bonchev–Trinajstić information content (AvgIpc) is 2.14. The van der Waals surface area contributed by atoms with Gasteiger partial charge in [-0.3, -0.25) is 4.79 Å². The van der Waals surface area contributed by atoms with Crippen molar-refractivity contribution < 1.29 is 15.0 Å². The molecule has 0 aliphatic heterocycles. The van der Waals surface area contributed by atoms with E-state index in [2.05, 4.69) is 5.32 Å². The van der Waals surface area contributed by atoms with Crippen molar-refractivity contribution >= 4 is 17.7 Å². The summed E-state index contributed by atoms with van der Waals surface area (Å²) < 4.78 is 0. The molecular formula is C10H21NO3S. The van der Waals surface area contributed by atoms with Gasteiger partial charge in [0.25, 0.3) is 0 Å². The number of hydrogen-bond acceptors (Lipinski definition) is 4. The second kappa shape index (κ2) is 7.09. The van der Waals surface area contributed by atoms with Crippen molar-refractivity contribution in [3.8, 4) is 0 Å². The zero-order valence-corrected chi connectivity index (χ0v) is 10.4. The van der Waals surface area contributed by atoms with Crippen LogP contribution in [-0.2, 0) is 4.79 Å². The Bertz CT molecular complexity index is 201. The minimum atomic E-state index is -0.864. The molecule has 5 heteroatoms. The van der Waals surface area contributed by atoms with E-state index in [9.17, 15) is 4.79 Å². The van der Waals surface area contributed by atoms with Gasteiger partial charge in [0.2, 0.25) is 0 Å². The van der Waals surface area contributed by atoms with E-state index in [0.29, 0.717) is 18.7 Å². The first-order valence-corrected chi connectivity index (χ1v) is 6.22. The molecule has 4 nitrogen and oxygen atoms in total. The van der Waals surface area contributed by atoms with E-state index in [1.165, 1.54) is 0 Å². The van der Waals surface area contributed by atoms with E-state index in [0.717, 1.165) is 0 Å². The number of carboxylic acid groups (broad SMARTS) is 1. The number of thioether (sulfide) groups is 1. The molecule has 0 heterocycles. The summed E-state index contributed by atoms with van der Waals surface area (Å²) in [6, 6.07) is 0. The van der Waals surface area contributed by atoms with Crippen LogP contribution in [0.4, 0.5) is 0 Å². The third-order valence-corrected chi connectivity index (χ3v) is 3.38. The molecule has 15 heavy (non-hydrogen) atoms. The van der Waals surface area contributed by atoms with Crippen molar-refractivity contribution in [1.29, 1.82) is 0 Å². The average molecular weight is 235 g/mol. The first-order valence-electron chi connectivity index (χ1n) is 5.17. The second-order valence-corrected chi connectivity index (χ2v) is 5.32. The summed E-state index contributed by atoms with van der Waals surface area (Å²) in [6.45, 7) is 6.36. The molecular weight excluding hydrogens is 214 g/mol. The summed E-state index contributed by atoms with van der Waals surface area (Å²) in [6.07, 6.45) is 0.556. The largest absolute Gasteiger partial charge is 0.480 e. The molecule has 3 N–H and O–H groups in total. The Morgan fingerprint density at radius 3 is 2.60 bits per heavy atom. The van der Waals surface area contributed by atoms with E-state index < -0.39 is 11.5 Å². The summed E-state index contributed by atoms with van der Waals surface area (Å²) in [5.41, 5.74) is -0.864. The Balaban J connectivity index is 4.21. The Morgan fingerprint density at radius 1 is 1.60 bits per heavy atom. The second-order valence-electron chi connectivity index (χ2n) is 3.78. The molecule has 0 saturated carbocycles. The minimum Gasteiger partial charge on any atom is -0.480 e. The number of likely N-dealkylation sites (N-methyl/N-ethyl adjacent to an activating group) is 1. The van der Waals surface area contributed by atoms with Crippen LogP contribution in [0.25, 0.3) is 0 Å². The van der Waals surface area contributed by atoms with E-state index in [1.54, 1.807) is 18.7 Å². The molecule has 90 valence electrons. The molecule has 0 aliphatic carbocycles. The van der Waals surface area contributed by atoms with Crippen LogP contribution in [0.5, 0.6) is 0 Å². The van der Waals surface area contributed by atoms with Crippen molar-refractivity contribution in [2.75, 3.05) is 18.9 Å². The molecule has 0 radical (unpaired) electrons. The number of aliphatic hydroxyl groups is 1. The topological polar surface area (TPSA) is 69.6 Å². The molecule has 2 atom stereocenters. The predicted molar refractivity (Wildman–Crippen MR) is 63.3 cm³/mol. The quantitative estimate of drug-likeness (QED) is 0.584. The number of nitrogens with one attached hydrogen (secondary N) is 1. The first kappa shape index (κ1) is 14.7. The van der Waals surface area contributed by atoms with Crippen LogP contribution in [0.1, 0.15) is 27.2 Å². The lowest BCUT2D eigenvalue weighted by atomic mass is 9.96. The lowest BCUT2D eigenvalue weighted by molar-refractivity contribution is -0.144.